The van der Waals surface area contributed by atoms with Crippen molar-refractivity contribution in [3.8, 4) is 11.5 Å². The molecule has 0 saturated carbocycles. The topological polar surface area (TPSA) is 93.8 Å². The van der Waals surface area contributed by atoms with Crippen molar-refractivity contribution in [2.24, 2.45) is 5.73 Å². The van der Waals surface area contributed by atoms with Crippen LogP contribution in [-0.2, 0) is 11.3 Å². The Balaban J connectivity index is 2.64. The van der Waals surface area contributed by atoms with Gasteiger partial charge in [-0.05, 0) is 24.6 Å². The number of nitrogens with one attached hydrogen (secondary N) is 1. The highest BCUT2D eigenvalue weighted by molar-refractivity contribution is 5.75. The highest BCUT2D eigenvalue weighted by Crippen LogP contribution is 2.27. The van der Waals surface area contributed by atoms with Gasteiger partial charge in [-0.2, -0.15) is 0 Å². The lowest BCUT2D eigenvalue weighted by Crippen LogP contribution is -2.23. The molecule has 106 valence electrons. The highest BCUT2D eigenvalue weighted by atomic mass is 16.5. The minimum atomic E-state index is -0.537. The highest BCUT2D eigenvalue weighted by Gasteiger charge is 2.07. The maximum absolute atomic E-state index is 10.7. The second-order valence-electron chi connectivity index (χ2n) is 4.22. The average molecular weight is 268 g/mol. The Hall–Kier alpha value is -1.79. The number of carbonyl (C=O) groups excluding carboxylic acids is 1. The molecule has 0 heterocycles. The van der Waals surface area contributed by atoms with E-state index in [1.165, 1.54) is 7.11 Å². The third kappa shape index (κ3) is 5.58. The second-order valence-corrected chi connectivity index (χ2v) is 4.22. The Bertz CT molecular complexity index is 421. The smallest absolute Gasteiger partial charge is 0.255 e. The number of ether oxygens (including phenoxy) is 2. The fraction of sp³-hybridized carbons (Fsp3) is 0.462. The number of hydrogen-bond donors (Lipinski definition) is 3. The van der Waals surface area contributed by atoms with Gasteiger partial charge < -0.3 is 25.6 Å². The van der Waals surface area contributed by atoms with E-state index >= 15 is 0 Å². The van der Waals surface area contributed by atoms with Gasteiger partial charge >= 0.3 is 0 Å². The van der Waals surface area contributed by atoms with Gasteiger partial charge in [0.15, 0.2) is 18.1 Å². The van der Waals surface area contributed by atoms with E-state index in [-0.39, 0.29) is 12.7 Å². The number of carbonyl (C=O) groups is 1. The monoisotopic (exact) mass is 268 g/mol. The van der Waals surface area contributed by atoms with E-state index in [0.29, 0.717) is 24.6 Å². The Kier molecular flexibility index (Phi) is 6.11. The molecule has 19 heavy (non-hydrogen) atoms. The first-order valence-corrected chi connectivity index (χ1v) is 5.99. The number of benzene rings is 1. The molecule has 6 heteroatoms. The van der Waals surface area contributed by atoms with Gasteiger partial charge in [0, 0.05) is 13.1 Å². The molecule has 0 aromatic heterocycles. The number of methoxy groups -OCH3 is 1. The van der Waals surface area contributed by atoms with E-state index in [4.69, 9.17) is 20.3 Å². The zero-order chi connectivity index (χ0) is 14.3. The Morgan fingerprint density at radius 2 is 2.21 bits per heavy atom. The van der Waals surface area contributed by atoms with Crippen LogP contribution in [0.2, 0.25) is 0 Å². The van der Waals surface area contributed by atoms with Crippen LogP contribution in [0.15, 0.2) is 18.2 Å². The van der Waals surface area contributed by atoms with Crippen LogP contribution in [0.25, 0.3) is 0 Å². The zero-order valence-electron chi connectivity index (χ0n) is 11.2. The van der Waals surface area contributed by atoms with E-state index in [1.54, 1.807) is 13.0 Å². The van der Waals surface area contributed by atoms with Gasteiger partial charge in [-0.15, -0.1) is 0 Å². The molecule has 0 radical (unpaired) electrons. The van der Waals surface area contributed by atoms with Crippen LogP contribution in [0, 0.1) is 0 Å². The molecule has 0 fully saturated rings. The van der Waals surface area contributed by atoms with Crippen molar-refractivity contribution in [2.75, 3.05) is 20.3 Å². The van der Waals surface area contributed by atoms with Crippen LogP contribution in [-0.4, -0.2) is 37.4 Å². The zero-order valence-corrected chi connectivity index (χ0v) is 11.2. The van der Waals surface area contributed by atoms with Gasteiger partial charge in [-0.3, -0.25) is 4.79 Å². The van der Waals surface area contributed by atoms with E-state index < -0.39 is 5.91 Å². The summed E-state index contributed by atoms with van der Waals surface area (Å²) in [6.45, 7) is 2.66. The molecule has 1 aromatic carbocycles. The van der Waals surface area contributed by atoms with Crippen molar-refractivity contribution in [3.63, 3.8) is 0 Å². The average Bonchev–Trinajstić information content (AvgIpc) is 2.36. The van der Waals surface area contributed by atoms with E-state index in [2.05, 4.69) is 5.32 Å². The molecule has 0 unspecified atom stereocenters. The SMILES string of the molecule is COc1cc(CNC[C@H](C)O)ccc1OCC(N)=O. The minimum Gasteiger partial charge on any atom is -0.493 e. The van der Waals surface area contributed by atoms with Gasteiger partial charge in [0.1, 0.15) is 0 Å². The first kappa shape index (κ1) is 15.3. The van der Waals surface area contributed by atoms with Gasteiger partial charge in [0.05, 0.1) is 13.2 Å². The Morgan fingerprint density at radius 3 is 2.79 bits per heavy atom. The minimum absolute atomic E-state index is 0.185. The molecule has 0 saturated heterocycles. The van der Waals surface area contributed by atoms with Gasteiger partial charge in [0.25, 0.3) is 5.91 Å². The van der Waals surface area contributed by atoms with Crippen molar-refractivity contribution in [1.29, 1.82) is 0 Å². The van der Waals surface area contributed by atoms with Crippen molar-refractivity contribution in [3.05, 3.63) is 23.8 Å². The predicted octanol–water partition coefficient (Wildman–Crippen LogP) is 0.0297. The van der Waals surface area contributed by atoms with Crippen molar-refractivity contribution >= 4 is 5.91 Å². The number of aliphatic hydroxyl groups is 1. The number of aliphatic hydroxyl groups excluding tert-OH is 1. The molecule has 1 atom stereocenters. The molecule has 0 aliphatic rings. The predicted molar refractivity (Wildman–Crippen MR) is 71.1 cm³/mol. The van der Waals surface area contributed by atoms with Crippen molar-refractivity contribution < 1.29 is 19.4 Å². The maximum atomic E-state index is 10.7. The molecule has 0 aliphatic heterocycles. The molecule has 1 rings (SSSR count). The largest absolute Gasteiger partial charge is 0.493 e. The Morgan fingerprint density at radius 1 is 1.47 bits per heavy atom. The van der Waals surface area contributed by atoms with E-state index in [0.717, 1.165) is 5.56 Å². The van der Waals surface area contributed by atoms with Crippen molar-refractivity contribution in [2.45, 2.75) is 19.6 Å². The lowest BCUT2D eigenvalue weighted by Gasteiger charge is -2.12. The summed E-state index contributed by atoms with van der Waals surface area (Å²) in [5.41, 5.74) is 6.01. The molecular weight excluding hydrogens is 248 g/mol. The first-order valence-electron chi connectivity index (χ1n) is 5.99. The number of nitrogens with two attached hydrogens (primary N) is 1. The molecule has 0 spiro atoms. The van der Waals surface area contributed by atoms with E-state index in [9.17, 15) is 4.79 Å². The molecule has 0 bridgehead atoms. The second kappa shape index (κ2) is 7.60. The molecule has 1 aromatic rings. The lowest BCUT2D eigenvalue weighted by atomic mass is 10.2. The van der Waals surface area contributed by atoms with Crippen LogP contribution in [0.4, 0.5) is 0 Å². The third-order valence-corrected chi connectivity index (χ3v) is 2.37. The lowest BCUT2D eigenvalue weighted by molar-refractivity contribution is -0.119. The first-order chi connectivity index (χ1) is 9.02. The number of primary amides is 1. The molecule has 4 N–H and O–H groups in total. The summed E-state index contributed by atoms with van der Waals surface area (Å²) in [7, 11) is 1.53. The number of amides is 1. The summed E-state index contributed by atoms with van der Waals surface area (Å²) >= 11 is 0. The Labute approximate surface area is 112 Å². The quantitative estimate of drug-likeness (QED) is 0.618. The summed E-state index contributed by atoms with van der Waals surface area (Å²) in [4.78, 5) is 10.7. The van der Waals surface area contributed by atoms with Crippen LogP contribution < -0.4 is 20.5 Å². The molecule has 1 amide bonds. The fourth-order valence-corrected chi connectivity index (χ4v) is 1.52. The molecule has 0 aliphatic carbocycles. The summed E-state index contributed by atoms with van der Waals surface area (Å²) in [6, 6.07) is 5.39. The summed E-state index contributed by atoms with van der Waals surface area (Å²) in [5.74, 6) is 0.475. The fourth-order valence-electron chi connectivity index (χ4n) is 1.52. The van der Waals surface area contributed by atoms with Crippen LogP contribution in [0.5, 0.6) is 11.5 Å². The van der Waals surface area contributed by atoms with Gasteiger partial charge in [-0.25, -0.2) is 0 Å². The maximum Gasteiger partial charge on any atom is 0.255 e. The normalized spacial score (nSPS) is 11.9. The van der Waals surface area contributed by atoms with E-state index in [1.807, 2.05) is 12.1 Å². The third-order valence-electron chi connectivity index (χ3n) is 2.37. The van der Waals surface area contributed by atoms with Crippen LogP contribution >= 0.6 is 0 Å². The molecule has 6 nitrogen and oxygen atoms in total. The van der Waals surface area contributed by atoms with Crippen LogP contribution in [0.3, 0.4) is 0 Å². The van der Waals surface area contributed by atoms with Gasteiger partial charge in [0.2, 0.25) is 0 Å². The summed E-state index contributed by atoms with van der Waals surface area (Å²) < 4.78 is 10.4. The summed E-state index contributed by atoms with van der Waals surface area (Å²) in [6.07, 6.45) is -0.389. The standard InChI is InChI=1S/C13H20N2O4/c1-9(16)6-15-7-10-3-4-11(12(5-10)18-2)19-8-13(14)17/h3-5,9,15-16H,6-8H2,1-2H3,(H2,14,17)/t9-/m0/s1. The van der Waals surface area contributed by atoms with Gasteiger partial charge in [-0.1, -0.05) is 6.07 Å². The summed E-state index contributed by atoms with van der Waals surface area (Å²) in [5, 5.41) is 12.2. The van der Waals surface area contributed by atoms with Crippen LogP contribution in [0.1, 0.15) is 12.5 Å². The van der Waals surface area contributed by atoms with Crippen molar-refractivity contribution in [1.82, 2.24) is 5.32 Å². The molecular formula is C13H20N2O4. The number of rotatable bonds is 8. The number of hydrogen-bond acceptors (Lipinski definition) is 5.